The maximum atomic E-state index is 12.2. The molecule has 2 aromatic rings. The van der Waals surface area contributed by atoms with Gasteiger partial charge in [-0.1, -0.05) is 12.1 Å². The van der Waals surface area contributed by atoms with Crippen LogP contribution in [0.1, 0.15) is 0 Å². The van der Waals surface area contributed by atoms with Crippen molar-refractivity contribution >= 4 is 25.1 Å². The van der Waals surface area contributed by atoms with E-state index in [1.165, 1.54) is 0 Å². The van der Waals surface area contributed by atoms with Crippen molar-refractivity contribution in [2.24, 2.45) is 0 Å². The Kier molecular flexibility index (Phi) is 5.05. The summed E-state index contributed by atoms with van der Waals surface area (Å²) in [5.41, 5.74) is 2.14. The minimum Gasteiger partial charge on any atom is -0.795 e. The fraction of sp³-hybridized carbons (Fsp3) is 0.250. The average Bonchev–Trinajstić information content (AvgIpc) is 2.47. The van der Waals surface area contributed by atoms with E-state index in [-0.39, 0.29) is 0 Å². The van der Waals surface area contributed by atoms with Crippen molar-refractivity contribution in [2.75, 3.05) is 38.0 Å². The van der Waals surface area contributed by atoms with Crippen molar-refractivity contribution < 1.29 is 9.42 Å². The molecule has 0 spiro atoms. The van der Waals surface area contributed by atoms with Gasteiger partial charge in [0.25, 0.3) is 0 Å². The molecule has 0 bridgehead atoms. The molecule has 0 aliphatic carbocycles. The Morgan fingerprint density at radius 2 is 1.19 bits per heavy atom. The second-order valence-corrected chi connectivity index (χ2v) is 6.36. The predicted octanol–water partition coefficient (Wildman–Crippen LogP) is 2.20. The second kappa shape index (κ2) is 6.79. The van der Waals surface area contributed by atoms with E-state index in [1.54, 1.807) is 0 Å². The van der Waals surface area contributed by atoms with E-state index >= 15 is 0 Å². The largest absolute Gasteiger partial charge is 0.795 e. The van der Waals surface area contributed by atoms with Gasteiger partial charge < -0.3 is 19.2 Å². The fourth-order valence-corrected chi connectivity index (χ4v) is 2.64. The molecule has 0 aliphatic heterocycles. The number of rotatable bonds is 5. The van der Waals surface area contributed by atoms with Crippen LogP contribution in [0, 0.1) is 0 Å². The first-order valence-electron chi connectivity index (χ1n) is 6.67. The lowest BCUT2D eigenvalue weighted by atomic mass is 10.3. The highest BCUT2D eigenvalue weighted by Crippen LogP contribution is 2.30. The van der Waals surface area contributed by atoms with Gasteiger partial charge in [0.15, 0.2) is 0 Å². The van der Waals surface area contributed by atoms with Gasteiger partial charge in [-0.3, -0.25) is 0 Å². The molecule has 0 saturated heterocycles. The first-order chi connectivity index (χ1) is 9.97. The number of hydrogen-bond acceptors (Lipinski definition) is 4. The molecule has 1 atom stereocenters. The molecule has 0 radical (unpaired) electrons. The summed E-state index contributed by atoms with van der Waals surface area (Å²) < 4.78 is 5.51. The Labute approximate surface area is 127 Å². The second-order valence-electron chi connectivity index (χ2n) is 5.15. The highest BCUT2D eigenvalue weighted by atomic mass is 31.2. The fourth-order valence-electron chi connectivity index (χ4n) is 1.83. The van der Waals surface area contributed by atoms with Crippen LogP contribution in [0.15, 0.2) is 48.5 Å². The molecule has 0 N–H and O–H groups in total. The number of anilines is 2. The monoisotopic (exact) mass is 303 g/mol. The number of hydrogen-bond donors (Lipinski definition) is 0. The van der Waals surface area contributed by atoms with E-state index in [0.717, 1.165) is 11.4 Å². The van der Waals surface area contributed by atoms with Crippen LogP contribution in [0.25, 0.3) is 0 Å². The molecule has 5 heteroatoms. The number of benzene rings is 2. The molecular formula is C16H20N2O2P-. The van der Waals surface area contributed by atoms with Gasteiger partial charge >= 0.3 is 0 Å². The zero-order valence-corrected chi connectivity index (χ0v) is 13.7. The van der Waals surface area contributed by atoms with Crippen LogP contribution >= 0.6 is 8.38 Å². The van der Waals surface area contributed by atoms with Crippen LogP contribution in [0.4, 0.5) is 11.4 Å². The molecule has 2 rings (SSSR count). The Bertz CT molecular complexity index is 568. The molecule has 0 fully saturated rings. The maximum Gasteiger partial charge on any atom is 0.122 e. The molecular weight excluding hydrogens is 283 g/mol. The van der Waals surface area contributed by atoms with E-state index in [4.69, 9.17) is 4.52 Å². The molecule has 0 saturated carbocycles. The van der Waals surface area contributed by atoms with E-state index in [9.17, 15) is 4.89 Å². The summed E-state index contributed by atoms with van der Waals surface area (Å²) in [6.45, 7) is 0. The topological polar surface area (TPSA) is 38.8 Å². The summed E-state index contributed by atoms with van der Waals surface area (Å²) in [4.78, 5) is 16.2. The van der Waals surface area contributed by atoms with Gasteiger partial charge in [0.05, 0.1) is 0 Å². The van der Waals surface area contributed by atoms with Crippen LogP contribution in [0.3, 0.4) is 0 Å². The average molecular weight is 303 g/mol. The molecule has 0 aromatic heterocycles. The van der Waals surface area contributed by atoms with E-state index < -0.39 is 8.38 Å². The van der Waals surface area contributed by atoms with Gasteiger partial charge in [-0.15, -0.1) is 0 Å². The third kappa shape index (κ3) is 4.10. The van der Waals surface area contributed by atoms with Crippen LogP contribution in [-0.2, 0) is 0 Å². The minimum atomic E-state index is -1.89. The van der Waals surface area contributed by atoms with E-state index in [1.807, 2.05) is 86.5 Å². The van der Waals surface area contributed by atoms with Gasteiger partial charge in [-0.2, -0.15) is 0 Å². The van der Waals surface area contributed by atoms with Crippen molar-refractivity contribution in [3.63, 3.8) is 0 Å². The summed E-state index contributed by atoms with van der Waals surface area (Å²) in [5, 5.41) is 0.687. The first kappa shape index (κ1) is 15.6. The quantitative estimate of drug-likeness (QED) is 0.794. The Morgan fingerprint density at radius 3 is 1.62 bits per heavy atom. The molecule has 4 nitrogen and oxygen atoms in total. The summed E-state index contributed by atoms with van der Waals surface area (Å²) in [7, 11) is 6.00. The zero-order valence-electron chi connectivity index (χ0n) is 12.8. The highest BCUT2D eigenvalue weighted by Gasteiger charge is 2.03. The summed E-state index contributed by atoms with van der Waals surface area (Å²) in [5.74, 6) is 0.610. The van der Waals surface area contributed by atoms with Crippen LogP contribution in [0.5, 0.6) is 5.75 Å². The van der Waals surface area contributed by atoms with Crippen molar-refractivity contribution in [1.29, 1.82) is 0 Å². The van der Waals surface area contributed by atoms with Crippen molar-refractivity contribution in [3.05, 3.63) is 48.5 Å². The van der Waals surface area contributed by atoms with Gasteiger partial charge in [-0.05, 0) is 41.7 Å². The van der Waals surface area contributed by atoms with Crippen LogP contribution < -0.4 is 24.5 Å². The molecule has 21 heavy (non-hydrogen) atoms. The minimum absolute atomic E-state index is 0.610. The number of nitrogens with zero attached hydrogens (tertiary/aromatic N) is 2. The SMILES string of the molecule is CN(C)c1ccc(OP([O-])c2ccc(N(C)C)cc2)cc1. The highest BCUT2D eigenvalue weighted by molar-refractivity contribution is 7.54. The molecule has 0 amide bonds. The lowest BCUT2D eigenvalue weighted by molar-refractivity contribution is -0.169. The Morgan fingerprint density at radius 1 is 0.762 bits per heavy atom. The van der Waals surface area contributed by atoms with Crippen LogP contribution in [0.2, 0.25) is 0 Å². The van der Waals surface area contributed by atoms with Gasteiger partial charge in [-0.25, -0.2) is 0 Å². The third-order valence-electron chi connectivity index (χ3n) is 3.12. The van der Waals surface area contributed by atoms with Crippen molar-refractivity contribution in [1.82, 2.24) is 0 Å². The maximum absolute atomic E-state index is 12.2. The molecule has 112 valence electrons. The zero-order chi connectivity index (χ0) is 15.4. The Balaban J connectivity index is 2.04. The predicted molar refractivity (Wildman–Crippen MR) is 88.7 cm³/mol. The lowest BCUT2D eigenvalue weighted by Crippen LogP contribution is -2.16. The summed E-state index contributed by atoms with van der Waals surface area (Å²) >= 11 is 0. The normalized spacial score (nSPS) is 11.9. The summed E-state index contributed by atoms with van der Waals surface area (Å²) in [6.07, 6.45) is 0. The molecule has 2 aromatic carbocycles. The molecule has 1 unspecified atom stereocenters. The van der Waals surface area contributed by atoms with Crippen LogP contribution in [-0.4, -0.2) is 28.2 Å². The smallest absolute Gasteiger partial charge is 0.122 e. The third-order valence-corrected chi connectivity index (χ3v) is 4.21. The van der Waals surface area contributed by atoms with Crippen molar-refractivity contribution in [3.8, 4) is 5.75 Å². The standard InChI is InChI=1S/C16H20N2O2P/c1-17(2)13-5-9-15(10-6-13)20-21(19)16-11-7-14(8-12-16)18(3)4/h5-12H,1-4H3/q-1. The van der Waals surface area contributed by atoms with E-state index in [0.29, 0.717) is 11.1 Å². The molecule has 0 aliphatic rings. The first-order valence-corrected chi connectivity index (χ1v) is 7.85. The summed E-state index contributed by atoms with van der Waals surface area (Å²) in [6, 6.07) is 15.1. The molecule has 0 heterocycles. The van der Waals surface area contributed by atoms with Gasteiger partial charge in [0.2, 0.25) is 0 Å². The van der Waals surface area contributed by atoms with Gasteiger partial charge in [0.1, 0.15) is 5.75 Å². The lowest BCUT2D eigenvalue weighted by Gasteiger charge is -2.25. The van der Waals surface area contributed by atoms with Gasteiger partial charge in [0, 0.05) is 47.9 Å². The Hall–Kier alpha value is -1.77. The van der Waals surface area contributed by atoms with Crippen molar-refractivity contribution in [2.45, 2.75) is 0 Å². The van der Waals surface area contributed by atoms with E-state index in [2.05, 4.69) is 0 Å².